The Bertz CT molecular complexity index is 1680. The Hall–Kier alpha value is -4.46. The second-order valence-electron chi connectivity index (χ2n) is 12.0. The average Bonchev–Trinajstić information content (AvgIpc) is 3.49. The van der Waals surface area contributed by atoms with Crippen molar-refractivity contribution in [1.29, 1.82) is 0 Å². The molecule has 0 bridgehead atoms. The first kappa shape index (κ1) is 31.9. The molecule has 0 spiro atoms. The van der Waals surface area contributed by atoms with Crippen molar-refractivity contribution >= 4 is 23.5 Å². The molecule has 232 valence electrons. The molecule has 2 aromatic heterocycles. The van der Waals surface area contributed by atoms with E-state index < -0.39 is 0 Å². The maximum Gasteiger partial charge on any atom is 0.162 e. The lowest BCUT2D eigenvalue weighted by atomic mass is 10.1. The molecule has 0 fully saturated rings. The molecule has 2 heterocycles. The third-order valence-electron chi connectivity index (χ3n) is 7.70. The Balaban J connectivity index is 1.40. The lowest BCUT2D eigenvalue weighted by molar-refractivity contribution is 0.396. The number of aromatic nitrogens is 3. The van der Waals surface area contributed by atoms with Crippen LogP contribution in [0, 0.1) is 0 Å². The van der Waals surface area contributed by atoms with E-state index in [-0.39, 0.29) is 0 Å². The fourth-order valence-electron chi connectivity index (χ4n) is 5.21. The minimum absolute atomic E-state index is 0.698. The smallest absolute Gasteiger partial charge is 0.162 e. The van der Waals surface area contributed by atoms with Gasteiger partial charge in [-0.3, -0.25) is 9.98 Å². The van der Waals surface area contributed by atoms with E-state index in [1.54, 1.807) is 0 Å². The first-order valence-electron chi connectivity index (χ1n) is 15.9. The molecule has 0 aliphatic carbocycles. The molecule has 7 heteroatoms. The van der Waals surface area contributed by atoms with Crippen LogP contribution in [0.1, 0.15) is 36.8 Å². The van der Waals surface area contributed by atoms with Gasteiger partial charge in [0.1, 0.15) is 5.65 Å². The molecule has 0 N–H and O–H groups in total. The van der Waals surface area contributed by atoms with Crippen LogP contribution in [0.3, 0.4) is 0 Å². The standard InChI is InChI=1S/C38H45N7/c1-43(2)25-10-8-23-39-28-30-14-18-32(19-15-30)36-35-22-27-45(34-12-6-5-7-13-34)38(35)42-37(41-36)33-20-16-31(17-21-33)29-40-24-9-11-26-44(3)4/h5-7,12-22,27-29H,8-11,23-26H2,1-4H3/b39-28-,40-29+. The summed E-state index contributed by atoms with van der Waals surface area (Å²) in [6.07, 6.45) is 10.5. The van der Waals surface area contributed by atoms with E-state index in [4.69, 9.17) is 9.97 Å². The highest BCUT2D eigenvalue weighted by Crippen LogP contribution is 2.31. The number of unbranched alkanes of at least 4 members (excludes halogenated alkanes) is 2. The zero-order valence-corrected chi connectivity index (χ0v) is 27.1. The maximum absolute atomic E-state index is 5.13. The summed E-state index contributed by atoms with van der Waals surface area (Å²) in [7, 11) is 8.43. The molecule has 0 aliphatic rings. The number of hydrogen-bond donors (Lipinski definition) is 0. The summed E-state index contributed by atoms with van der Waals surface area (Å²) >= 11 is 0. The number of rotatable bonds is 15. The summed E-state index contributed by atoms with van der Waals surface area (Å²) in [6, 6.07) is 29.3. The van der Waals surface area contributed by atoms with Crippen LogP contribution in [-0.2, 0) is 0 Å². The minimum Gasteiger partial charge on any atom is -0.309 e. The Morgan fingerprint density at radius 2 is 1.18 bits per heavy atom. The molecule has 0 saturated heterocycles. The van der Waals surface area contributed by atoms with E-state index >= 15 is 0 Å². The molecular formula is C38H45N7. The summed E-state index contributed by atoms with van der Waals surface area (Å²) in [5.74, 6) is 0.698. The zero-order chi connectivity index (χ0) is 31.4. The van der Waals surface area contributed by atoms with Gasteiger partial charge in [0, 0.05) is 53.9 Å². The van der Waals surface area contributed by atoms with Crippen LogP contribution >= 0.6 is 0 Å². The van der Waals surface area contributed by atoms with Gasteiger partial charge in [0.15, 0.2) is 5.82 Å². The van der Waals surface area contributed by atoms with Crippen LogP contribution < -0.4 is 0 Å². The fourth-order valence-corrected chi connectivity index (χ4v) is 5.21. The fraction of sp³-hybridized carbons (Fsp3) is 0.316. The quantitative estimate of drug-likeness (QED) is 0.0938. The number of fused-ring (bicyclic) bond motifs is 1. The number of aliphatic imine (C=N–C) groups is 2. The lowest BCUT2D eigenvalue weighted by Gasteiger charge is -2.10. The highest BCUT2D eigenvalue weighted by Gasteiger charge is 2.15. The largest absolute Gasteiger partial charge is 0.309 e. The van der Waals surface area contributed by atoms with Crippen LogP contribution in [0.2, 0.25) is 0 Å². The van der Waals surface area contributed by atoms with E-state index in [0.717, 1.165) is 96.5 Å². The molecule has 0 radical (unpaired) electrons. The zero-order valence-electron chi connectivity index (χ0n) is 27.1. The SMILES string of the molecule is CN(C)CCCC/N=C\c1ccc(-c2nc(-c3ccc(/C=N/CCCCN(C)C)cc3)nc3c2ccn3-c2ccccc2)cc1. The van der Waals surface area contributed by atoms with Crippen molar-refractivity contribution in [3.63, 3.8) is 0 Å². The number of nitrogens with zero attached hydrogens (tertiary/aromatic N) is 7. The van der Waals surface area contributed by atoms with Gasteiger partial charge in [-0.15, -0.1) is 0 Å². The third-order valence-corrected chi connectivity index (χ3v) is 7.70. The summed E-state index contributed by atoms with van der Waals surface area (Å²) in [5.41, 5.74) is 7.06. The monoisotopic (exact) mass is 599 g/mol. The Kier molecular flexibility index (Phi) is 11.4. The molecule has 45 heavy (non-hydrogen) atoms. The van der Waals surface area contributed by atoms with E-state index in [1.807, 2.05) is 18.5 Å². The van der Waals surface area contributed by atoms with Crippen molar-refractivity contribution in [3.8, 4) is 28.3 Å². The molecule has 0 atom stereocenters. The van der Waals surface area contributed by atoms with Gasteiger partial charge in [-0.1, -0.05) is 66.7 Å². The van der Waals surface area contributed by atoms with Crippen LogP contribution in [0.4, 0.5) is 0 Å². The highest BCUT2D eigenvalue weighted by molar-refractivity contribution is 5.94. The van der Waals surface area contributed by atoms with Crippen molar-refractivity contribution in [1.82, 2.24) is 24.3 Å². The Labute approximate surface area is 268 Å². The predicted octanol–water partition coefficient (Wildman–Crippen LogP) is 7.28. The van der Waals surface area contributed by atoms with Gasteiger partial charge in [-0.05, 0) is 96.3 Å². The number of hydrogen-bond acceptors (Lipinski definition) is 6. The Morgan fingerprint density at radius 1 is 0.622 bits per heavy atom. The van der Waals surface area contributed by atoms with Gasteiger partial charge >= 0.3 is 0 Å². The molecule has 5 aromatic rings. The first-order valence-corrected chi connectivity index (χ1v) is 15.9. The molecule has 0 aliphatic heterocycles. The molecule has 3 aromatic carbocycles. The second-order valence-corrected chi connectivity index (χ2v) is 12.0. The topological polar surface area (TPSA) is 61.9 Å². The molecular weight excluding hydrogens is 554 g/mol. The Morgan fingerprint density at radius 3 is 1.73 bits per heavy atom. The van der Waals surface area contributed by atoms with Gasteiger partial charge in [-0.2, -0.15) is 0 Å². The summed E-state index contributed by atoms with van der Waals surface area (Å²) < 4.78 is 2.14. The normalized spacial score (nSPS) is 12.0. The average molecular weight is 600 g/mol. The van der Waals surface area contributed by atoms with Crippen LogP contribution in [0.25, 0.3) is 39.4 Å². The first-order chi connectivity index (χ1) is 22.0. The minimum atomic E-state index is 0.698. The molecule has 0 unspecified atom stereocenters. The maximum atomic E-state index is 5.13. The third kappa shape index (κ3) is 9.03. The predicted molar refractivity (Wildman–Crippen MR) is 190 cm³/mol. The van der Waals surface area contributed by atoms with Crippen LogP contribution in [-0.4, -0.2) is 91.1 Å². The number of benzene rings is 3. The van der Waals surface area contributed by atoms with Gasteiger partial charge in [0.05, 0.1) is 5.69 Å². The van der Waals surface area contributed by atoms with E-state index in [2.05, 4.69) is 138 Å². The molecule has 7 nitrogen and oxygen atoms in total. The molecule has 0 amide bonds. The van der Waals surface area contributed by atoms with Crippen molar-refractivity contribution < 1.29 is 0 Å². The van der Waals surface area contributed by atoms with Crippen LogP contribution in [0.5, 0.6) is 0 Å². The van der Waals surface area contributed by atoms with Gasteiger partial charge in [0.2, 0.25) is 0 Å². The van der Waals surface area contributed by atoms with Crippen molar-refractivity contribution in [2.75, 3.05) is 54.4 Å². The second kappa shape index (κ2) is 16.0. The van der Waals surface area contributed by atoms with E-state index in [9.17, 15) is 0 Å². The van der Waals surface area contributed by atoms with Crippen molar-refractivity contribution in [2.45, 2.75) is 25.7 Å². The summed E-state index contributed by atoms with van der Waals surface area (Å²) in [4.78, 5) is 23.9. The summed E-state index contributed by atoms with van der Waals surface area (Å²) in [6.45, 7) is 3.89. The van der Waals surface area contributed by atoms with Crippen molar-refractivity contribution in [2.24, 2.45) is 9.98 Å². The highest BCUT2D eigenvalue weighted by atomic mass is 15.1. The summed E-state index contributed by atoms with van der Waals surface area (Å²) in [5, 5.41) is 1.02. The van der Waals surface area contributed by atoms with E-state index in [1.165, 1.54) is 0 Å². The van der Waals surface area contributed by atoms with Crippen molar-refractivity contribution in [3.05, 3.63) is 102 Å². The lowest BCUT2D eigenvalue weighted by Crippen LogP contribution is -2.12. The van der Waals surface area contributed by atoms with Crippen LogP contribution in [0.15, 0.2) is 101 Å². The number of para-hydroxylation sites is 1. The molecule has 5 rings (SSSR count). The van der Waals surface area contributed by atoms with Gasteiger partial charge < -0.3 is 14.4 Å². The van der Waals surface area contributed by atoms with E-state index in [0.29, 0.717) is 5.82 Å². The van der Waals surface area contributed by atoms with Gasteiger partial charge in [-0.25, -0.2) is 9.97 Å². The van der Waals surface area contributed by atoms with Gasteiger partial charge in [0.25, 0.3) is 0 Å². The molecule has 0 saturated carbocycles.